The number of carbonyl (C=O) groups is 1. The van der Waals surface area contributed by atoms with Crippen molar-refractivity contribution in [3.05, 3.63) is 0 Å². The van der Waals surface area contributed by atoms with Gasteiger partial charge < -0.3 is 9.47 Å². The quantitative estimate of drug-likeness (QED) is 0.354. The molecule has 0 radical (unpaired) electrons. The van der Waals surface area contributed by atoms with E-state index in [9.17, 15) is 4.79 Å². The van der Waals surface area contributed by atoms with Crippen molar-refractivity contribution in [2.24, 2.45) is 0 Å². The van der Waals surface area contributed by atoms with Crippen LogP contribution in [0.3, 0.4) is 0 Å². The first-order chi connectivity index (χ1) is 10.3. The van der Waals surface area contributed by atoms with Crippen LogP contribution in [0.15, 0.2) is 0 Å². The van der Waals surface area contributed by atoms with Gasteiger partial charge in [0.05, 0.1) is 6.61 Å². The largest absolute Gasteiger partial charge is 0.458 e. The van der Waals surface area contributed by atoms with Crippen LogP contribution in [0.5, 0.6) is 0 Å². The number of hydrogen-bond donors (Lipinski definition) is 0. The Morgan fingerprint density at radius 2 is 1.38 bits per heavy atom. The van der Waals surface area contributed by atoms with Crippen molar-refractivity contribution >= 4 is 5.97 Å². The summed E-state index contributed by atoms with van der Waals surface area (Å²) in [5.41, 5.74) is 0. The predicted molar refractivity (Wildman–Crippen MR) is 86.4 cm³/mol. The highest BCUT2D eigenvalue weighted by Gasteiger charge is 2.19. The van der Waals surface area contributed by atoms with Crippen LogP contribution in [0.2, 0.25) is 0 Å². The van der Waals surface area contributed by atoms with Gasteiger partial charge in [0.1, 0.15) is 12.7 Å². The number of cyclic esters (lactones) is 1. The molecule has 1 aliphatic rings. The van der Waals surface area contributed by atoms with Gasteiger partial charge in [-0.3, -0.25) is 0 Å². The molecule has 124 valence electrons. The molecule has 1 fully saturated rings. The standard InChI is InChI=1S/C18H34O3/c1-2-3-4-5-6-7-8-9-10-11-12-13-14-17-15-20-16-18(19)21-17/h17H,2-16H2,1H3. The fraction of sp³-hybridized carbons (Fsp3) is 0.944. The Labute approximate surface area is 130 Å². The van der Waals surface area contributed by atoms with Gasteiger partial charge >= 0.3 is 5.97 Å². The van der Waals surface area contributed by atoms with Crippen LogP contribution in [-0.2, 0) is 14.3 Å². The molecule has 21 heavy (non-hydrogen) atoms. The van der Waals surface area contributed by atoms with E-state index in [1.54, 1.807) is 0 Å². The second-order valence-corrected chi connectivity index (χ2v) is 6.30. The summed E-state index contributed by atoms with van der Waals surface area (Å²) in [5.74, 6) is -0.204. The topological polar surface area (TPSA) is 35.5 Å². The predicted octanol–water partition coefficient (Wildman–Crippen LogP) is 5.02. The second kappa shape index (κ2) is 13.1. The van der Waals surface area contributed by atoms with Crippen LogP contribution in [0, 0.1) is 0 Å². The van der Waals surface area contributed by atoms with E-state index in [2.05, 4.69) is 6.92 Å². The summed E-state index contributed by atoms with van der Waals surface area (Å²) in [6.07, 6.45) is 17.3. The number of ether oxygens (including phenoxy) is 2. The van der Waals surface area contributed by atoms with Crippen molar-refractivity contribution in [2.75, 3.05) is 13.2 Å². The van der Waals surface area contributed by atoms with Crippen molar-refractivity contribution in [1.82, 2.24) is 0 Å². The minimum Gasteiger partial charge on any atom is -0.458 e. The van der Waals surface area contributed by atoms with E-state index in [0.29, 0.717) is 6.61 Å². The third kappa shape index (κ3) is 10.8. The normalized spacial score (nSPS) is 18.7. The van der Waals surface area contributed by atoms with Gasteiger partial charge in [0.25, 0.3) is 0 Å². The Hall–Kier alpha value is -0.570. The second-order valence-electron chi connectivity index (χ2n) is 6.30. The molecule has 1 aliphatic heterocycles. The zero-order valence-corrected chi connectivity index (χ0v) is 13.9. The van der Waals surface area contributed by atoms with E-state index in [1.807, 2.05) is 0 Å². The van der Waals surface area contributed by atoms with Crippen LogP contribution < -0.4 is 0 Å². The van der Waals surface area contributed by atoms with Crippen molar-refractivity contribution in [1.29, 1.82) is 0 Å². The third-order valence-corrected chi connectivity index (χ3v) is 4.20. The molecule has 0 N–H and O–H groups in total. The molecule has 0 aromatic heterocycles. The smallest absolute Gasteiger partial charge is 0.332 e. The zero-order valence-electron chi connectivity index (χ0n) is 13.9. The van der Waals surface area contributed by atoms with E-state index in [1.165, 1.54) is 70.6 Å². The molecule has 3 heteroatoms. The highest BCUT2D eigenvalue weighted by Crippen LogP contribution is 2.15. The molecule has 1 saturated heterocycles. The summed E-state index contributed by atoms with van der Waals surface area (Å²) in [4.78, 5) is 11.0. The SMILES string of the molecule is CCCCCCCCCCCCCCC1COCC(=O)O1. The van der Waals surface area contributed by atoms with Crippen LogP contribution >= 0.6 is 0 Å². The maximum Gasteiger partial charge on any atom is 0.332 e. The Kier molecular flexibility index (Phi) is 11.5. The summed E-state index contributed by atoms with van der Waals surface area (Å²) in [7, 11) is 0. The van der Waals surface area contributed by atoms with Crippen molar-refractivity contribution in [2.45, 2.75) is 96.5 Å². The number of rotatable bonds is 13. The van der Waals surface area contributed by atoms with Crippen molar-refractivity contribution < 1.29 is 14.3 Å². The summed E-state index contributed by atoms with van der Waals surface area (Å²) in [6, 6.07) is 0. The first kappa shape index (κ1) is 18.5. The summed E-state index contributed by atoms with van der Waals surface area (Å²) >= 11 is 0. The summed E-state index contributed by atoms with van der Waals surface area (Å²) in [6.45, 7) is 2.99. The molecule has 0 saturated carbocycles. The van der Waals surface area contributed by atoms with Gasteiger partial charge in [-0.1, -0.05) is 77.6 Å². The minimum atomic E-state index is -0.204. The van der Waals surface area contributed by atoms with E-state index in [0.717, 1.165) is 12.8 Å². The highest BCUT2D eigenvalue weighted by atomic mass is 16.6. The molecule has 0 spiro atoms. The summed E-state index contributed by atoms with van der Waals surface area (Å²) < 4.78 is 10.4. The van der Waals surface area contributed by atoms with Gasteiger partial charge in [0.15, 0.2) is 0 Å². The molecule has 1 unspecified atom stereocenters. The summed E-state index contributed by atoms with van der Waals surface area (Å²) in [5, 5.41) is 0. The van der Waals surface area contributed by atoms with E-state index in [4.69, 9.17) is 9.47 Å². The Balaban J connectivity index is 1.75. The molecule has 0 aliphatic carbocycles. The number of unbranched alkanes of at least 4 members (excludes halogenated alkanes) is 11. The lowest BCUT2D eigenvalue weighted by Gasteiger charge is -2.22. The lowest BCUT2D eigenvalue weighted by atomic mass is 10.0. The van der Waals surface area contributed by atoms with Gasteiger partial charge in [-0.2, -0.15) is 0 Å². The lowest BCUT2D eigenvalue weighted by Crippen LogP contribution is -2.32. The maximum absolute atomic E-state index is 11.0. The van der Waals surface area contributed by atoms with Crippen LogP contribution in [0.1, 0.15) is 90.4 Å². The fourth-order valence-corrected chi connectivity index (χ4v) is 2.88. The van der Waals surface area contributed by atoms with Gasteiger partial charge in [-0.25, -0.2) is 4.79 Å². The van der Waals surface area contributed by atoms with Gasteiger partial charge in [-0.15, -0.1) is 0 Å². The highest BCUT2D eigenvalue weighted by molar-refractivity contribution is 5.71. The molecule has 1 rings (SSSR count). The Bertz CT molecular complexity index is 253. The van der Waals surface area contributed by atoms with E-state index < -0.39 is 0 Å². The number of esters is 1. The van der Waals surface area contributed by atoms with Gasteiger partial charge in [-0.05, 0) is 12.8 Å². The Morgan fingerprint density at radius 1 is 0.857 bits per heavy atom. The van der Waals surface area contributed by atoms with Crippen LogP contribution in [0.4, 0.5) is 0 Å². The maximum atomic E-state index is 11.0. The molecule has 3 nitrogen and oxygen atoms in total. The molecule has 0 aromatic rings. The van der Waals surface area contributed by atoms with Crippen LogP contribution in [-0.4, -0.2) is 25.3 Å². The van der Waals surface area contributed by atoms with Crippen LogP contribution in [0.25, 0.3) is 0 Å². The lowest BCUT2D eigenvalue weighted by molar-refractivity contribution is -0.170. The van der Waals surface area contributed by atoms with Gasteiger partial charge in [0, 0.05) is 0 Å². The molecule has 1 atom stereocenters. The first-order valence-corrected chi connectivity index (χ1v) is 9.10. The zero-order chi connectivity index (χ0) is 15.2. The fourth-order valence-electron chi connectivity index (χ4n) is 2.88. The monoisotopic (exact) mass is 298 g/mol. The van der Waals surface area contributed by atoms with E-state index >= 15 is 0 Å². The average molecular weight is 298 g/mol. The molecule has 0 amide bonds. The molecule has 0 bridgehead atoms. The Morgan fingerprint density at radius 3 is 1.90 bits per heavy atom. The van der Waals surface area contributed by atoms with E-state index in [-0.39, 0.29) is 18.7 Å². The number of hydrogen-bond acceptors (Lipinski definition) is 3. The molecular weight excluding hydrogens is 264 g/mol. The third-order valence-electron chi connectivity index (χ3n) is 4.20. The van der Waals surface area contributed by atoms with Crippen molar-refractivity contribution in [3.8, 4) is 0 Å². The van der Waals surface area contributed by atoms with Gasteiger partial charge in [0.2, 0.25) is 0 Å². The molecule has 1 heterocycles. The average Bonchev–Trinajstić information content (AvgIpc) is 2.48. The molecular formula is C18H34O3. The number of carbonyl (C=O) groups excluding carboxylic acids is 1. The van der Waals surface area contributed by atoms with Crippen molar-refractivity contribution in [3.63, 3.8) is 0 Å². The minimum absolute atomic E-state index is 0.00868. The first-order valence-electron chi connectivity index (χ1n) is 9.10. The molecule has 0 aromatic carbocycles.